The molecule has 2 aromatic rings. The van der Waals surface area contributed by atoms with Gasteiger partial charge >= 0.3 is 17.9 Å². The van der Waals surface area contributed by atoms with E-state index in [0.29, 0.717) is 40.4 Å². The van der Waals surface area contributed by atoms with Crippen LogP contribution in [-0.2, 0) is 18.9 Å². The molecule has 0 spiro atoms. The summed E-state index contributed by atoms with van der Waals surface area (Å²) in [6.45, 7) is 16.4. The Bertz CT molecular complexity index is 1430. The number of rotatable bonds is 6. The van der Waals surface area contributed by atoms with Gasteiger partial charge in [0.15, 0.2) is 12.2 Å². The summed E-state index contributed by atoms with van der Waals surface area (Å²) in [5.74, 6) is 2.31. The van der Waals surface area contributed by atoms with Crippen molar-refractivity contribution in [1.29, 1.82) is 0 Å². The van der Waals surface area contributed by atoms with Crippen molar-refractivity contribution < 1.29 is 37.7 Å². The van der Waals surface area contributed by atoms with Crippen molar-refractivity contribution in [3.63, 3.8) is 0 Å². The van der Waals surface area contributed by atoms with Gasteiger partial charge in [-0.15, -0.1) is 0 Å². The lowest BCUT2D eigenvalue weighted by Gasteiger charge is -2.43. The van der Waals surface area contributed by atoms with Gasteiger partial charge in [-0.3, -0.25) is 0 Å². The molecule has 2 fully saturated rings. The highest BCUT2D eigenvalue weighted by Gasteiger charge is 2.51. The third kappa shape index (κ3) is 7.28. The zero-order chi connectivity index (χ0) is 32.6. The number of carbonyl (C=O) groups excluding carboxylic acids is 2. The van der Waals surface area contributed by atoms with Crippen LogP contribution in [0.15, 0.2) is 33.5 Å². The molecule has 2 aliphatic carbocycles. The SMILES string of the molecule is CC1CCC(C(C)C)C(OC(=O)OC2c3c(ccc4ccc(=O)oc34)OC(C)(C)C2OC(=O)OC2CC(C)CCC2C(C)C)C1. The first-order valence-electron chi connectivity index (χ1n) is 16.7. The molecule has 0 bridgehead atoms. The van der Waals surface area contributed by atoms with E-state index >= 15 is 0 Å². The fourth-order valence-electron chi connectivity index (χ4n) is 7.69. The molecule has 9 nitrogen and oxygen atoms in total. The van der Waals surface area contributed by atoms with Gasteiger partial charge in [0.1, 0.15) is 29.1 Å². The van der Waals surface area contributed by atoms with E-state index in [1.807, 2.05) is 0 Å². The maximum absolute atomic E-state index is 13.6. The van der Waals surface area contributed by atoms with Crippen molar-refractivity contribution in [2.24, 2.45) is 35.5 Å². The van der Waals surface area contributed by atoms with Crippen molar-refractivity contribution in [1.82, 2.24) is 0 Å². The molecule has 2 saturated carbocycles. The minimum Gasteiger partial charge on any atom is -0.483 e. The molecule has 3 aliphatic rings. The largest absolute Gasteiger partial charge is 0.509 e. The van der Waals surface area contributed by atoms with E-state index in [4.69, 9.17) is 28.1 Å². The second kappa shape index (κ2) is 13.2. The fourth-order valence-corrected chi connectivity index (χ4v) is 7.69. The first-order chi connectivity index (χ1) is 21.2. The molecule has 5 rings (SSSR count). The van der Waals surface area contributed by atoms with Crippen LogP contribution in [0.3, 0.4) is 0 Å². The third-order valence-electron chi connectivity index (χ3n) is 10.3. The normalized spacial score (nSPS) is 31.2. The Labute approximate surface area is 266 Å². The molecule has 1 aromatic carbocycles. The van der Waals surface area contributed by atoms with Crippen LogP contribution in [0.25, 0.3) is 11.0 Å². The summed E-state index contributed by atoms with van der Waals surface area (Å²) in [6, 6.07) is 6.47. The van der Waals surface area contributed by atoms with E-state index in [1.54, 1.807) is 32.0 Å². The van der Waals surface area contributed by atoms with E-state index in [2.05, 4.69) is 41.5 Å². The van der Waals surface area contributed by atoms with Gasteiger partial charge in [0.25, 0.3) is 0 Å². The van der Waals surface area contributed by atoms with Crippen LogP contribution in [0.1, 0.15) is 106 Å². The van der Waals surface area contributed by atoms with Crippen molar-refractivity contribution in [3.05, 3.63) is 40.2 Å². The topological polar surface area (TPSA) is 111 Å². The summed E-state index contributed by atoms with van der Waals surface area (Å²) in [7, 11) is 0. The molecule has 0 radical (unpaired) electrons. The van der Waals surface area contributed by atoms with E-state index in [-0.39, 0.29) is 29.6 Å². The minimum absolute atomic E-state index is 0.197. The Balaban J connectivity index is 1.47. The van der Waals surface area contributed by atoms with Crippen LogP contribution < -0.4 is 10.4 Å². The van der Waals surface area contributed by atoms with Crippen LogP contribution in [0.5, 0.6) is 5.75 Å². The van der Waals surface area contributed by atoms with Crippen LogP contribution in [0.4, 0.5) is 9.59 Å². The highest BCUT2D eigenvalue weighted by Crippen LogP contribution is 2.47. The molecular formula is C36H50O9. The van der Waals surface area contributed by atoms with Crippen LogP contribution in [0, 0.1) is 35.5 Å². The molecule has 8 unspecified atom stereocenters. The van der Waals surface area contributed by atoms with Crippen molar-refractivity contribution in [3.8, 4) is 5.75 Å². The molecule has 248 valence electrons. The van der Waals surface area contributed by atoms with Crippen LogP contribution in [0.2, 0.25) is 0 Å². The maximum atomic E-state index is 13.6. The van der Waals surface area contributed by atoms with Gasteiger partial charge in [0, 0.05) is 11.5 Å². The second-order valence-electron chi connectivity index (χ2n) is 14.9. The molecule has 0 amide bonds. The zero-order valence-electron chi connectivity index (χ0n) is 28.0. The Morgan fingerprint density at radius 2 is 1.31 bits per heavy atom. The van der Waals surface area contributed by atoms with Gasteiger partial charge in [0.05, 0.1) is 5.56 Å². The smallest absolute Gasteiger partial charge is 0.483 e. The summed E-state index contributed by atoms with van der Waals surface area (Å²) < 4.78 is 36.2. The van der Waals surface area contributed by atoms with Gasteiger partial charge in [-0.25, -0.2) is 14.4 Å². The second-order valence-corrected chi connectivity index (χ2v) is 14.9. The highest BCUT2D eigenvalue weighted by atomic mass is 16.8. The molecule has 2 heterocycles. The van der Waals surface area contributed by atoms with Crippen molar-refractivity contribution in [2.45, 2.75) is 124 Å². The monoisotopic (exact) mass is 626 g/mol. The highest BCUT2D eigenvalue weighted by molar-refractivity contribution is 5.83. The molecule has 8 atom stereocenters. The lowest BCUT2D eigenvalue weighted by molar-refractivity contribution is -0.149. The Kier molecular flexibility index (Phi) is 9.76. The number of hydrogen-bond acceptors (Lipinski definition) is 9. The molecule has 1 aliphatic heterocycles. The van der Waals surface area contributed by atoms with E-state index in [1.165, 1.54) is 6.07 Å². The lowest BCUT2D eigenvalue weighted by Crippen LogP contribution is -2.52. The molecule has 1 aromatic heterocycles. The number of benzene rings is 1. The van der Waals surface area contributed by atoms with Gasteiger partial charge in [-0.05, 0) is 93.2 Å². The number of hydrogen-bond donors (Lipinski definition) is 0. The summed E-state index contributed by atoms with van der Waals surface area (Å²) in [6.07, 6.45) is 0.978. The lowest BCUT2D eigenvalue weighted by atomic mass is 9.75. The zero-order valence-corrected chi connectivity index (χ0v) is 28.0. The standard InChI is InChI=1S/C36H50O9/c1-19(2)24-13-9-21(5)17-27(24)40-34(38)43-32-30-26(15-11-23-12-16-29(37)42-31(23)30)45-36(7,8)33(32)44-35(39)41-28-18-22(6)10-14-25(28)20(3)4/h11-12,15-16,19-22,24-25,27-28,32-33H,9-10,13-14,17-18H2,1-8H3. The molecule has 0 N–H and O–H groups in total. The van der Waals surface area contributed by atoms with E-state index in [9.17, 15) is 14.4 Å². The van der Waals surface area contributed by atoms with E-state index < -0.39 is 35.7 Å². The summed E-state index contributed by atoms with van der Waals surface area (Å²) >= 11 is 0. The third-order valence-corrected chi connectivity index (χ3v) is 10.3. The number of ether oxygens (including phenoxy) is 5. The number of fused-ring (bicyclic) bond motifs is 3. The summed E-state index contributed by atoms with van der Waals surface area (Å²) in [4.78, 5) is 39.5. The quantitative estimate of drug-likeness (QED) is 0.230. The average molecular weight is 627 g/mol. The van der Waals surface area contributed by atoms with Crippen LogP contribution in [-0.4, -0.2) is 36.2 Å². The molecule has 9 heteroatoms. The maximum Gasteiger partial charge on any atom is 0.509 e. The Hall–Kier alpha value is -3.23. The fraction of sp³-hybridized carbons (Fsp3) is 0.694. The first-order valence-corrected chi connectivity index (χ1v) is 16.7. The van der Waals surface area contributed by atoms with Crippen molar-refractivity contribution in [2.75, 3.05) is 0 Å². The Morgan fingerprint density at radius 3 is 1.87 bits per heavy atom. The molecular weight excluding hydrogens is 576 g/mol. The van der Waals surface area contributed by atoms with Gasteiger partial charge < -0.3 is 28.1 Å². The van der Waals surface area contributed by atoms with Gasteiger partial charge in [-0.2, -0.15) is 0 Å². The van der Waals surface area contributed by atoms with Gasteiger partial charge in [0.2, 0.25) is 0 Å². The number of carbonyl (C=O) groups is 2. The van der Waals surface area contributed by atoms with E-state index in [0.717, 1.165) is 38.5 Å². The molecule has 45 heavy (non-hydrogen) atoms. The van der Waals surface area contributed by atoms with Crippen LogP contribution >= 0.6 is 0 Å². The van der Waals surface area contributed by atoms with Gasteiger partial charge in [-0.1, -0.05) is 54.4 Å². The predicted molar refractivity (Wildman–Crippen MR) is 169 cm³/mol. The summed E-state index contributed by atoms with van der Waals surface area (Å²) in [5.41, 5.74) is -1.21. The molecule has 0 saturated heterocycles. The predicted octanol–water partition coefficient (Wildman–Crippen LogP) is 8.60. The van der Waals surface area contributed by atoms with Crippen molar-refractivity contribution >= 4 is 23.3 Å². The first kappa shape index (κ1) is 33.1. The Morgan fingerprint density at radius 1 is 0.778 bits per heavy atom. The average Bonchev–Trinajstić information content (AvgIpc) is 2.94. The summed E-state index contributed by atoms with van der Waals surface area (Å²) in [5, 5.41) is 0.608. The minimum atomic E-state index is -1.19.